The van der Waals surface area contributed by atoms with Crippen LogP contribution in [-0.4, -0.2) is 45.2 Å². The molecule has 5 nitrogen and oxygen atoms in total. The van der Waals surface area contributed by atoms with Gasteiger partial charge in [0.15, 0.2) is 5.69 Å². The van der Waals surface area contributed by atoms with Crippen LogP contribution in [0.3, 0.4) is 0 Å². The Morgan fingerprint density at radius 3 is 3.07 bits per heavy atom. The molecule has 0 aromatic carbocycles. The second kappa shape index (κ2) is 4.02. The van der Waals surface area contributed by atoms with Gasteiger partial charge in [-0.15, -0.1) is 0 Å². The van der Waals surface area contributed by atoms with Crippen LogP contribution in [0.1, 0.15) is 23.3 Å². The number of hydrogen-bond acceptors (Lipinski definition) is 3. The van der Waals surface area contributed by atoms with E-state index >= 15 is 0 Å². The van der Waals surface area contributed by atoms with Gasteiger partial charge in [-0.05, 0) is 26.4 Å². The molecule has 1 aliphatic rings. The summed E-state index contributed by atoms with van der Waals surface area (Å²) in [6.45, 7) is 1.96. The largest absolute Gasteiger partial charge is 0.476 e. The summed E-state index contributed by atoms with van der Waals surface area (Å²) in [6, 6.07) is 0.515. The number of aromatic nitrogens is 2. The minimum Gasteiger partial charge on any atom is -0.476 e. The monoisotopic (exact) mass is 209 g/mol. The molecule has 1 aromatic heterocycles. The predicted molar refractivity (Wildman–Crippen MR) is 54.8 cm³/mol. The maximum Gasteiger partial charge on any atom is 0.356 e. The number of likely N-dealkylation sites (tertiary alicyclic amines) is 1. The SMILES string of the molecule is CN1CCCC1Cn1cnc(C(=O)O)c1. The van der Waals surface area contributed by atoms with E-state index in [1.807, 2.05) is 4.57 Å². The number of likely N-dealkylation sites (N-methyl/N-ethyl adjacent to an activating group) is 1. The topological polar surface area (TPSA) is 58.4 Å². The first-order valence-corrected chi connectivity index (χ1v) is 5.12. The molecule has 1 atom stereocenters. The van der Waals surface area contributed by atoms with Crippen LogP contribution in [0.5, 0.6) is 0 Å². The van der Waals surface area contributed by atoms with Crippen molar-refractivity contribution in [1.82, 2.24) is 14.5 Å². The molecule has 0 spiro atoms. The minimum atomic E-state index is -0.964. The summed E-state index contributed by atoms with van der Waals surface area (Å²) in [5, 5.41) is 8.72. The average Bonchev–Trinajstić information content (AvgIpc) is 2.77. The van der Waals surface area contributed by atoms with Gasteiger partial charge in [0.1, 0.15) is 0 Å². The summed E-state index contributed by atoms with van der Waals surface area (Å²) in [4.78, 5) is 16.8. The summed E-state index contributed by atoms with van der Waals surface area (Å²) in [5.41, 5.74) is 0.121. The van der Waals surface area contributed by atoms with Crippen molar-refractivity contribution in [3.8, 4) is 0 Å². The van der Waals surface area contributed by atoms with Crippen molar-refractivity contribution in [3.63, 3.8) is 0 Å². The Balaban J connectivity index is 2.01. The zero-order valence-electron chi connectivity index (χ0n) is 8.76. The van der Waals surface area contributed by atoms with Gasteiger partial charge < -0.3 is 14.6 Å². The van der Waals surface area contributed by atoms with Gasteiger partial charge in [-0.2, -0.15) is 0 Å². The standard InChI is InChI=1S/C10H15N3O2/c1-12-4-2-3-8(12)5-13-6-9(10(14)15)11-7-13/h6-8H,2-5H2,1H3,(H,14,15). The van der Waals surface area contributed by atoms with Crippen LogP contribution in [0.2, 0.25) is 0 Å². The molecule has 2 heterocycles. The molecule has 0 aliphatic carbocycles. The van der Waals surface area contributed by atoms with Crippen LogP contribution < -0.4 is 0 Å². The van der Waals surface area contributed by atoms with E-state index in [1.165, 1.54) is 12.8 Å². The lowest BCUT2D eigenvalue weighted by Gasteiger charge is -2.19. The van der Waals surface area contributed by atoms with Gasteiger partial charge in [-0.25, -0.2) is 9.78 Å². The molecule has 15 heavy (non-hydrogen) atoms. The zero-order chi connectivity index (χ0) is 10.8. The summed E-state index contributed by atoms with van der Waals surface area (Å²) in [7, 11) is 2.10. The van der Waals surface area contributed by atoms with E-state index in [-0.39, 0.29) is 5.69 Å². The normalized spacial score (nSPS) is 22.1. The van der Waals surface area contributed by atoms with Crippen LogP contribution in [0.4, 0.5) is 0 Å². The highest BCUT2D eigenvalue weighted by molar-refractivity contribution is 5.84. The summed E-state index contributed by atoms with van der Waals surface area (Å²) >= 11 is 0. The fourth-order valence-corrected chi connectivity index (χ4v) is 2.02. The number of aromatic carboxylic acids is 1. The van der Waals surface area contributed by atoms with Gasteiger partial charge in [-0.3, -0.25) is 0 Å². The molecular weight excluding hydrogens is 194 g/mol. The first-order chi connectivity index (χ1) is 7.16. The van der Waals surface area contributed by atoms with E-state index in [4.69, 9.17) is 5.11 Å². The second-order valence-corrected chi connectivity index (χ2v) is 4.04. The molecule has 0 saturated carbocycles. The molecule has 5 heteroatoms. The van der Waals surface area contributed by atoms with Gasteiger partial charge in [-0.1, -0.05) is 0 Å². The maximum atomic E-state index is 10.6. The molecule has 1 aromatic rings. The van der Waals surface area contributed by atoms with Crippen molar-refractivity contribution in [3.05, 3.63) is 18.2 Å². The third-order valence-corrected chi connectivity index (χ3v) is 2.95. The smallest absolute Gasteiger partial charge is 0.356 e. The van der Waals surface area contributed by atoms with Crippen LogP contribution in [0.15, 0.2) is 12.5 Å². The molecule has 1 saturated heterocycles. The quantitative estimate of drug-likeness (QED) is 0.795. The Bertz CT molecular complexity index is 361. The Morgan fingerprint density at radius 1 is 1.73 bits per heavy atom. The lowest BCUT2D eigenvalue weighted by Crippen LogP contribution is -2.28. The number of imidazole rings is 1. The van der Waals surface area contributed by atoms with Gasteiger partial charge in [0.2, 0.25) is 0 Å². The lowest BCUT2D eigenvalue weighted by molar-refractivity contribution is 0.0691. The summed E-state index contributed by atoms with van der Waals surface area (Å²) in [6.07, 6.45) is 5.59. The van der Waals surface area contributed by atoms with Crippen LogP contribution >= 0.6 is 0 Å². The highest BCUT2D eigenvalue weighted by Gasteiger charge is 2.21. The van der Waals surface area contributed by atoms with Crippen LogP contribution in [0, 0.1) is 0 Å². The van der Waals surface area contributed by atoms with Crippen molar-refractivity contribution < 1.29 is 9.90 Å². The molecule has 1 aliphatic heterocycles. The van der Waals surface area contributed by atoms with E-state index in [0.717, 1.165) is 13.1 Å². The third kappa shape index (κ3) is 2.18. The van der Waals surface area contributed by atoms with E-state index in [1.54, 1.807) is 12.5 Å². The molecule has 0 bridgehead atoms. The van der Waals surface area contributed by atoms with E-state index < -0.39 is 5.97 Å². The number of rotatable bonds is 3. The van der Waals surface area contributed by atoms with E-state index in [0.29, 0.717) is 6.04 Å². The van der Waals surface area contributed by atoms with Gasteiger partial charge in [0, 0.05) is 18.8 Å². The number of carbonyl (C=O) groups is 1. The Morgan fingerprint density at radius 2 is 2.53 bits per heavy atom. The van der Waals surface area contributed by atoms with Crippen molar-refractivity contribution >= 4 is 5.97 Å². The minimum absolute atomic E-state index is 0.121. The number of hydrogen-bond donors (Lipinski definition) is 1. The Labute approximate surface area is 88.3 Å². The molecule has 1 N–H and O–H groups in total. The van der Waals surface area contributed by atoms with Gasteiger partial charge >= 0.3 is 5.97 Å². The Kier molecular flexibility index (Phi) is 2.73. The molecule has 0 amide bonds. The van der Waals surface area contributed by atoms with Gasteiger partial charge in [0.05, 0.1) is 6.33 Å². The summed E-state index contributed by atoms with van der Waals surface area (Å²) < 4.78 is 1.86. The van der Waals surface area contributed by atoms with Crippen LogP contribution in [-0.2, 0) is 6.54 Å². The predicted octanol–water partition coefficient (Wildman–Crippen LogP) is 0.676. The van der Waals surface area contributed by atoms with Crippen molar-refractivity contribution in [1.29, 1.82) is 0 Å². The summed E-state index contributed by atoms with van der Waals surface area (Å²) in [5.74, 6) is -0.964. The maximum absolute atomic E-state index is 10.6. The van der Waals surface area contributed by atoms with E-state index in [9.17, 15) is 4.79 Å². The number of carboxylic acids is 1. The number of carboxylic acid groups (broad SMARTS) is 1. The molecule has 1 unspecified atom stereocenters. The van der Waals surface area contributed by atoms with E-state index in [2.05, 4.69) is 16.9 Å². The highest BCUT2D eigenvalue weighted by atomic mass is 16.4. The fourth-order valence-electron chi connectivity index (χ4n) is 2.02. The average molecular weight is 209 g/mol. The van der Waals surface area contributed by atoms with Crippen molar-refractivity contribution in [2.45, 2.75) is 25.4 Å². The molecule has 82 valence electrons. The zero-order valence-corrected chi connectivity index (χ0v) is 8.76. The van der Waals surface area contributed by atoms with Crippen LogP contribution in [0.25, 0.3) is 0 Å². The Hall–Kier alpha value is -1.36. The van der Waals surface area contributed by atoms with Gasteiger partial charge in [0.25, 0.3) is 0 Å². The molecule has 2 rings (SSSR count). The highest BCUT2D eigenvalue weighted by Crippen LogP contribution is 2.16. The first kappa shape index (κ1) is 10.2. The van der Waals surface area contributed by atoms with Crippen molar-refractivity contribution in [2.75, 3.05) is 13.6 Å². The molecule has 0 radical (unpaired) electrons. The lowest BCUT2D eigenvalue weighted by atomic mass is 10.2. The fraction of sp³-hybridized carbons (Fsp3) is 0.600. The van der Waals surface area contributed by atoms with Crippen molar-refractivity contribution in [2.24, 2.45) is 0 Å². The molecule has 1 fully saturated rings. The first-order valence-electron chi connectivity index (χ1n) is 5.12. The molecular formula is C10H15N3O2. The second-order valence-electron chi connectivity index (χ2n) is 4.04. The number of nitrogens with zero attached hydrogens (tertiary/aromatic N) is 3. The third-order valence-electron chi connectivity index (χ3n) is 2.95.